The first-order valence-corrected chi connectivity index (χ1v) is 8.08. The van der Waals surface area contributed by atoms with E-state index in [2.05, 4.69) is 52.1 Å². The van der Waals surface area contributed by atoms with Crippen molar-refractivity contribution in [1.82, 2.24) is 5.32 Å². The first kappa shape index (κ1) is 16.2. The molecule has 3 nitrogen and oxygen atoms in total. The van der Waals surface area contributed by atoms with Crippen molar-refractivity contribution in [2.75, 3.05) is 6.54 Å². The molecule has 1 aliphatic rings. The Bertz CT molecular complexity index is 468. The van der Waals surface area contributed by atoms with E-state index in [4.69, 9.17) is 9.47 Å². The van der Waals surface area contributed by atoms with Crippen LogP contribution in [0.5, 0.6) is 11.5 Å². The van der Waals surface area contributed by atoms with Crippen LogP contribution in [-0.4, -0.2) is 24.3 Å². The van der Waals surface area contributed by atoms with Crippen LogP contribution in [0.3, 0.4) is 0 Å². The van der Waals surface area contributed by atoms with E-state index in [9.17, 15) is 0 Å². The Balaban J connectivity index is 1.88. The summed E-state index contributed by atoms with van der Waals surface area (Å²) in [5.41, 5.74) is 1.14. The van der Waals surface area contributed by atoms with E-state index in [1.54, 1.807) is 0 Å². The van der Waals surface area contributed by atoms with Crippen LogP contribution in [-0.2, 0) is 6.42 Å². The summed E-state index contributed by atoms with van der Waals surface area (Å²) in [5, 5.41) is 3.44. The van der Waals surface area contributed by atoms with Crippen molar-refractivity contribution >= 4 is 0 Å². The fourth-order valence-electron chi connectivity index (χ4n) is 2.74. The number of hydrogen-bond donors (Lipinski definition) is 1. The quantitative estimate of drug-likeness (QED) is 0.772. The van der Waals surface area contributed by atoms with Crippen molar-refractivity contribution in [1.29, 1.82) is 0 Å². The van der Waals surface area contributed by atoms with Gasteiger partial charge in [-0.2, -0.15) is 0 Å². The second kappa shape index (κ2) is 6.69. The van der Waals surface area contributed by atoms with Crippen molar-refractivity contribution in [3.8, 4) is 11.5 Å². The molecule has 1 aliphatic heterocycles. The second-order valence-electron chi connectivity index (χ2n) is 6.96. The van der Waals surface area contributed by atoms with Crippen molar-refractivity contribution < 1.29 is 9.47 Å². The minimum atomic E-state index is -0.119. The molecule has 1 N–H and O–H groups in total. The Morgan fingerprint density at radius 3 is 2.76 bits per heavy atom. The molecule has 118 valence electrons. The molecule has 1 atom stereocenters. The van der Waals surface area contributed by atoms with E-state index in [-0.39, 0.29) is 11.7 Å². The minimum absolute atomic E-state index is 0.119. The van der Waals surface area contributed by atoms with Crippen molar-refractivity contribution in [2.24, 2.45) is 0 Å². The molecule has 0 fully saturated rings. The van der Waals surface area contributed by atoms with Gasteiger partial charge in [-0.25, -0.2) is 0 Å². The number of ether oxygens (including phenoxy) is 2. The molecule has 2 rings (SSSR count). The van der Waals surface area contributed by atoms with Crippen molar-refractivity contribution in [3.63, 3.8) is 0 Å². The molecule has 0 aliphatic carbocycles. The highest BCUT2D eigenvalue weighted by atomic mass is 16.5. The van der Waals surface area contributed by atoms with Gasteiger partial charge in [-0.05, 0) is 46.2 Å². The third-order valence-corrected chi connectivity index (χ3v) is 3.72. The molecular weight excluding hydrogens is 262 g/mol. The number of para-hydroxylation sites is 1. The molecule has 0 aromatic heterocycles. The van der Waals surface area contributed by atoms with Gasteiger partial charge in [-0.3, -0.25) is 0 Å². The van der Waals surface area contributed by atoms with Crippen LogP contribution in [0.15, 0.2) is 18.2 Å². The van der Waals surface area contributed by atoms with Crippen LogP contribution in [0.1, 0.15) is 53.0 Å². The fraction of sp³-hybridized carbons (Fsp3) is 0.667. The van der Waals surface area contributed by atoms with E-state index in [1.165, 1.54) is 5.56 Å². The minimum Gasteiger partial charge on any atom is -0.487 e. The second-order valence-corrected chi connectivity index (χ2v) is 6.96. The molecule has 0 bridgehead atoms. The monoisotopic (exact) mass is 291 g/mol. The van der Waals surface area contributed by atoms with Gasteiger partial charge in [0.05, 0.1) is 6.10 Å². The van der Waals surface area contributed by atoms with Crippen LogP contribution >= 0.6 is 0 Å². The molecular formula is C18H29NO2. The summed E-state index contributed by atoms with van der Waals surface area (Å²) in [6.45, 7) is 11.8. The Labute approximate surface area is 129 Å². The first-order valence-electron chi connectivity index (χ1n) is 8.08. The molecule has 1 aromatic carbocycles. The predicted molar refractivity (Wildman–Crippen MR) is 87.3 cm³/mol. The van der Waals surface area contributed by atoms with E-state index in [0.717, 1.165) is 37.3 Å². The van der Waals surface area contributed by atoms with Crippen LogP contribution < -0.4 is 14.8 Å². The van der Waals surface area contributed by atoms with Gasteiger partial charge in [0.15, 0.2) is 11.5 Å². The van der Waals surface area contributed by atoms with E-state index in [1.807, 2.05) is 6.07 Å². The Morgan fingerprint density at radius 1 is 1.29 bits per heavy atom. The van der Waals surface area contributed by atoms with Gasteiger partial charge >= 0.3 is 0 Å². The predicted octanol–water partition coefficient (Wildman–Crippen LogP) is 3.95. The van der Waals surface area contributed by atoms with Gasteiger partial charge < -0.3 is 14.8 Å². The number of fused-ring (bicyclic) bond motifs is 1. The third-order valence-electron chi connectivity index (χ3n) is 3.72. The Morgan fingerprint density at radius 2 is 2.05 bits per heavy atom. The highest BCUT2D eigenvalue weighted by Crippen LogP contribution is 2.42. The number of nitrogens with one attached hydrogen (secondary N) is 1. The van der Waals surface area contributed by atoms with Crippen molar-refractivity contribution in [3.05, 3.63) is 23.8 Å². The Kier molecular flexibility index (Phi) is 5.15. The summed E-state index contributed by atoms with van der Waals surface area (Å²) in [7, 11) is 0. The lowest BCUT2D eigenvalue weighted by Gasteiger charge is -2.20. The standard InChI is InChI=1S/C18H29NO2/c1-13(2)19-11-7-8-14(3)20-16-10-6-9-15-12-18(4,5)21-17(15)16/h6,9-10,13-14,19H,7-8,11-12H2,1-5H3. The average Bonchev–Trinajstić information content (AvgIpc) is 2.70. The summed E-state index contributed by atoms with van der Waals surface area (Å²) in [6.07, 6.45) is 3.33. The number of benzene rings is 1. The molecule has 0 saturated carbocycles. The van der Waals surface area contributed by atoms with Crippen LogP contribution in [0.4, 0.5) is 0 Å². The first-order chi connectivity index (χ1) is 9.87. The summed E-state index contributed by atoms with van der Waals surface area (Å²) < 4.78 is 12.2. The van der Waals surface area contributed by atoms with Gasteiger partial charge in [0, 0.05) is 18.0 Å². The summed E-state index contributed by atoms with van der Waals surface area (Å²) in [5.74, 6) is 1.83. The number of hydrogen-bond acceptors (Lipinski definition) is 3. The van der Waals surface area contributed by atoms with E-state index in [0.29, 0.717) is 6.04 Å². The lowest BCUT2D eigenvalue weighted by atomic mass is 10.0. The van der Waals surface area contributed by atoms with Crippen LogP contribution in [0.2, 0.25) is 0 Å². The SMILES string of the molecule is CC(C)NCCCC(C)Oc1cccc2c1OC(C)(C)C2. The zero-order valence-electron chi connectivity index (χ0n) is 14.0. The largest absolute Gasteiger partial charge is 0.487 e. The van der Waals surface area contributed by atoms with Gasteiger partial charge in [-0.1, -0.05) is 26.0 Å². The van der Waals surface area contributed by atoms with Gasteiger partial charge in [-0.15, -0.1) is 0 Å². The van der Waals surface area contributed by atoms with E-state index < -0.39 is 0 Å². The zero-order chi connectivity index (χ0) is 15.5. The number of rotatable bonds is 7. The fourth-order valence-corrected chi connectivity index (χ4v) is 2.74. The lowest BCUT2D eigenvalue weighted by molar-refractivity contribution is 0.125. The topological polar surface area (TPSA) is 30.5 Å². The maximum absolute atomic E-state index is 6.10. The summed E-state index contributed by atoms with van der Waals surface area (Å²) in [6, 6.07) is 6.76. The molecule has 0 amide bonds. The van der Waals surface area contributed by atoms with Crippen molar-refractivity contribution in [2.45, 2.75) is 71.6 Å². The highest BCUT2D eigenvalue weighted by Gasteiger charge is 2.32. The normalized spacial score (nSPS) is 17.4. The maximum Gasteiger partial charge on any atom is 0.165 e. The zero-order valence-corrected chi connectivity index (χ0v) is 14.0. The molecule has 21 heavy (non-hydrogen) atoms. The maximum atomic E-state index is 6.10. The average molecular weight is 291 g/mol. The van der Waals surface area contributed by atoms with Gasteiger partial charge in [0.25, 0.3) is 0 Å². The van der Waals surface area contributed by atoms with Gasteiger partial charge in [0.1, 0.15) is 5.60 Å². The van der Waals surface area contributed by atoms with Crippen LogP contribution in [0, 0.1) is 0 Å². The van der Waals surface area contributed by atoms with Gasteiger partial charge in [0.2, 0.25) is 0 Å². The molecule has 1 heterocycles. The molecule has 0 radical (unpaired) electrons. The molecule has 1 unspecified atom stereocenters. The van der Waals surface area contributed by atoms with E-state index >= 15 is 0 Å². The molecule has 0 saturated heterocycles. The van der Waals surface area contributed by atoms with Crippen LogP contribution in [0.25, 0.3) is 0 Å². The summed E-state index contributed by atoms with van der Waals surface area (Å²) in [4.78, 5) is 0. The molecule has 0 spiro atoms. The molecule has 3 heteroatoms. The highest BCUT2D eigenvalue weighted by molar-refractivity contribution is 5.50. The Hall–Kier alpha value is -1.22. The smallest absolute Gasteiger partial charge is 0.165 e. The third kappa shape index (κ3) is 4.63. The molecule has 1 aromatic rings. The lowest BCUT2D eigenvalue weighted by Crippen LogP contribution is -2.25. The summed E-state index contributed by atoms with van der Waals surface area (Å²) >= 11 is 0.